The Morgan fingerprint density at radius 1 is 0.833 bits per heavy atom. The lowest BCUT2D eigenvalue weighted by molar-refractivity contribution is -0.384. The van der Waals surface area contributed by atoms with Gasteiger partial charge in [0.2, 0.25) is 29.5 Å². The van der Waals surface area contributed by atoms with E-state index in [4.69, 9.17) is 26.1 Å². The topological polar surface area (TPSA) is 314 Å². The van der Waals surface area contributed by atoms with Crippen molar-refractivity contribution in [2.75, 3.05) is 133 Å². The van der Waals surface area contributed by atoms with Crippen molar-refractivity contribution in [1.82, 2.24) is 54.8 Å². The summed E-state index contributed by atoms with van der Waals surface area (Å²) in [5.74, 6) is -1.40. The van der Waals surface area contributed by atoms with Gasteiger partial charge in [-0.1, -0.05) is 94.1 Å². The van der Waals surface area contributed by atoms with Gasteiger partial charge in [-0.2, -0.15) is 4.98 Å². The van der Waals surface area contributed by atoms with Crippen molar-refractivity contribution in [2.24, 2.45) is 10.8 Å². The number of pyridine rings is 1. The number of carbonyl (C=O) groups excluding carboxylic acids is 5. The predicted octanol–water partition coefficient (Wildman–Crippen LogP) is 10.9. The number of aliphatic hydroxyl groups is 1. The van der Waals surface area contributed by atoms with Crippen LogP contribution in [0.4, 0.5) is 28.4 Å². The molecular formula is C84H106ClN15O12S2. The summed E-state index contributed by atoms with van der Waals surface area (Å²) >= 11 is 8.10. The van der Waals surface area contributed by atoms with E-state index in [9.17, 15) is 47.6 Å². The standard InChI is InChI=1S/C84H106ClN15O12S2/c1-54(56-14-16-58(17-15-56)76-55(2)87-53-113-76)88-80(105)71-46-65(101)51-99(71)82(106)77(83(3,4)5)90-73(102)12-9-7-8-10-13-74(103)97-35-31-95(32-36-97)52-84(6)26-24-60(68(48-84)57-18-20-62(85)21-19-57)49-93-29-33-96(34-30-93)64-22-23-67(69(45-64)98-28-11-39-112-81-72(98)44-59-25-27-86-78(59)91-81)79(104)92-114(109,110)66-43-61-42-63(50-94-37-40-111-41-38-94)89-75(61)70(47-66)100(107)108/h14-23,25,27,43-45,47,53-54,63,65,71,77,89,101H,7-13,24,26,28-42,46,48-52H2,1-6H3,(H,86,91)(H,88,105)(H,90,102)(H,92,104)/t54-,63-,65+,71-,77+,84-/m0/s1. The van der Waals surface area contributed by atoms with Crippen molar-refractivity contribution in [3.8, 4) is 16.3 Å². The number of hydrogen-bond acceptors (Lipinski definition) is 21. The molecule has 6 aliphatic heterocycles. The molecule has 114 heavy (non-hydrogen) atoms. The Kier molecular flexibility index (Phi) is 25.1. The number of amides is 5. The largest absolute Gasteiger partial charge is 0.476 e. The van der Waals surface area contributed by atoms with E-state index >= 15 is 0 Å². The first-order chi connectivity index (χ1) is 54.7. The molecule has 3 aromatic heterocycles. The van der Waals surface area contributed by atoms with E-state index < -0.39 is 50.4 Å². The number of aromatic nitrogens is 3. The van der Waals surface area contributed by atoms with E-state index in [0.29, 0.717) is 125 Å². The minimum Gasteiger partial charge on any atom is -0.476 e. The van der Waals surface area contributed by atoms with Crippen LogP contribution in [0.2, 0.25) is 5.02 Å². The summed E-state index contributed by atoms with van der Waals surface area (Å²) in [5.41, 5.74) is 11.0. The maximum Gasteiger partial charge on any atom is 0.293 e. The van der Waals surface area contributed by atoms with E-state index in [1.165, 1.54) is 27.7 Å². The zero-order chi connectivity index (χ0) is 80.2. The lowest BCUT2D eigenvalue weighted by Crippen LogP contribution is -2.57. The number of aliphatic hydroxyl groups excluding tert-OH is 1. The Labute approximate surface area is 675 Å². The van der Waals surface area contributed by atoms with E-state index in [1.54, 1.807) is 23.6 Å². The fraction of sp³-hybridized carbons (Fsp3) is 0.512. The third kappa shape index (κ3) is 19.1. The normalized spacial score (nSPS) is 21.2. The number of β-amino-alcohol motifs (C(OH)–C–C–N with tert-alkyl or cyclic N) is 1. The first-order valence-corrected chi connectivity index (χ1v) is 42.9. The molecule has 0 bridgehead atoms. The van der Waals surface area contributed by atoms with Crippen LogP contribution >= 0.6 is 22.9 Å². The number of anilines is 4. The predicted molar refractivity (Wildman–Crippen MR) is 442 cm³/mol. The van der Waals surface area contributed by atoms with Crippen molar-refractivity contribution in [3.63, 3.8) is 0 Å². The molecule has 4 saturated heterocycles. The number of piperazine rings is 2. The second kappa shape index (κ2) is 35.2. The van der Waals surface area contributed by atoms with E-state index in [0.717, 1.165) is 123 Å². The molecular weight excluding hydrogens is 1510 g/mol. The van der Waals surface area contributed by atoms with Crippen molar-refractivity contribution < 1.29 is 51.9 Å². The van der Waals surface area contributed by atoms with Crippen LogP contribution in [0.25, 0.3) is 27.0 Å². The van der Waals surface area contributed by atoms with E-state index in [1.807, 2.05) is 111 Å². The Morgan fingerprint density at radius 2 is 1.56 bits per heavy atom. The Balaban J connectivity index is 0.560. The summed E-state index contributed by atoms with van der Waals surface area (Å²) in [6.45, 7) is 23.3. The summed E-state index contributed by atoms with van der Waals surface area (Å²) in [7, 11) is -4.66. The highest BCUT2D eigenvalue weighted by atomic mass is 35.5. The van der Waals surface area contributed by atoms with Crippen LogP contribution < -0.4 is 35.2 Å². The zero-order valence-corrected chi connectivity index (χ0v) is 68.4. The van der Waals surface area contributed by atoms with Crippen LogP contribution in [0, 0.1) is 27.9 Å². The van der Waals surface area contributed by atoms with Gasteiger partial charge in [-0.15, -0.1) is 11.3 Å². The molecule has 9 heterocycles. The third-order valence-electron chi connectivity index (χ3n) is 23.7. The van der Waals surface area contributed by atoms with Gasteiger partial charge in [0.05, 0.1) is 69.1 Å². The van der Waals surface area contributed by atoms with Gasteiger partial charge < -0.3 is 55.1 Å². The van der Waals surface area contributed by atoms with Crippen molar-refractivity contribution in [1.29, 1.82) is 0 Å². The van der Waals surface area contributed by atoms with Crippen LogP contribution in [0.3, 0.4) is 0 Å². The molecule has 0 saturated carbocycles. The van der Waals surface area contributed by atoms with Crippen LogP contribution in [-0.2, 0) is 40.4 Å². The van der Waals surface area contributed by atoms with Gasteiger partial charge in [0, 0.05) is 152 Å². The summed E-state index contributed by atoms with van der Waals surface area (Å²) in [6.07, 6.45) is 8.23. The van der Waals surface area contributed by atoms with Crippen LogP contribution in [0.1, 0.15) is 144 Å². The number of allylic oxidation sites excluding steroid dienone is 1. The number of H-pyrrole nitrogens is 1. The Morgan fingerprint density at radius 3 is 2.28 bits per heavy atom. The van der Waals surface area contributed by atoms with Crippen molar-refractivity contribution in [3.05, 3.63) is 151 Å². The second-order valence-electron chi connectivity index (χ2n) is 33.2. The number of nitro benzene ring substituents is 1. The number of nitrogens with one attached hydrogen (secondary N) is 5. The minimum absolute atomic E-state index is 0.0120. The molecule has 14 rings (SSSR count). The molecule has 5 amide bonds. The lowest BCUT2D eigenvalue weighted by Gasteiger charge is -2.44. The molecule has 6 N–H and O–H groups in total. The maximum atomic E-state index is 14.8. The first-order valence-electron chi connectivity index (χ1n) is 40.2. The number of fused-ring (bicyclic) bond motifs is 3. The molecule has 4 fully saturated rings. The van der Waals surface area contributed by atoms with Crippen molar-refractivity contribution >= 4 is 108 Å². The maximum absolute atomic E-state index is 14.8. The zero-order valence-electron chi connectivity index (χ0n) is 66.0. The second-order valence-corrected chi connectivity index (χ2v) is 36.2. The number of carbonyl (C=O) groups is 5. The molecule has 1 aliphatic carbocycles. The van der Waals surface area contributed by atoms with Crippen molar-refractivity contribution in [2.45, 2.75) is 154 Å². The monoisotopic (exact) mass is 1620 g/mol. The number of halogens is 1. The van der Waals surface area contributed by atoms with Crippen LogP contribution in [0.15, 0.2) is 113 Å². The number of sulfonamides is 1. The average Bonchev–Trinajstić information content (AvgIpc) is 1.30. The average molecular weight is 1620 g/mol. The highest BCUT2D eigenvalue weighted by Crippen LogP contribution is 2.46. The lowest BCUT2D eigenvalue weighted by atomic mass is 9.70. The Hall–Kier alpha value is -9.07. The molecule has 30 heteroatoms. The molecule has 0 spiro atoms. The van der Waals surface area contributed by atoms with Gasteiger partial charge in [0.25, 0.3) is 21.6 Å². The number of unbranched alkanes of at least 4 members (excludes halogenated alkanes) is 3. The number of morpholine rings is 1. The molecule has 0 radical (unpaired) electrons. The number of nitro groups is 1. The number of aryl methyl sites for hydroxylation is 1. The number of thiazole rings is 1. The van der Waals surface area contributed by atoms with Crippen LogP contribution in [0.5, 0.6) is 5.88 Å². The Bertz CT molecular complexity index is 4840. The molecule has 27 nitrogen and oxygen atoms in total. The molecule has 6 atom stereocenters. The molecule has 7 aromatic rings. The van der Waals surface area contributed by atoms with Gasteiger partial charge in [-0.05, 0) is 146 Å². The third-order valence-corrected chi connectivity index (χ3v) is 26.2. The van der Waals surface area contributed by atoms with E-state index in [-0.39, 0.29) is 76.4 Å². The number of benzene rings is 4. The van der Waals surface area contributed by atoms with Gasteiger partial charge >= 0.3 is 0 Å². The van der Waals surface area contributed by atoms with Gasteiger partial charge in [-0.25, -0.2) is 18.1 Å². The number of aromatic amines is 1. The fourth-order valence-corrected chi connectivity index (χ4v) is 19.3. The smallest absolute Gasteiger partial charge is 0.293 e. The molecule has 7 aliphatic rings. The summed E-state index contributed by atoms with van der Waals surface area (Å²) in [5, 5.41) is 34.2. The van der Waals surface area contributed by atoms with E-state index in [2.05, 4.69) is 69.3 Å². The quantitative estimate of drug-likeness (QED) is 0.0167. The summed E-state index contributed by atoms with van der Waals surface area (Å²) in [4.78, 5) is 110. The number of likely N-dealkylation sites (tertiary alicyclic amines) is 1. The van der Waals surface area contributed by atoms with Crippen LogP contribution in [-0.4, -0.2) is 230 Å². The minimum atomic E-state index is -4.66. The van der Waals surface area contributed by atoms with Gasteiger partial charge in [0.1, 0.15) is 29.1 Å². The number of ether oxygens (including phenoxy) is 2. The number of rotatable bonds is 26. The number of hydrogen-bond donors (Lipinski definition) is 6. The highest BCUT2D eigenvalue weighted by molar-refractivity contribution is 7.90. The molecule has 608 valence electrons. The number of nitrogens with zero attached hydrogens (tertiary/aromatic N) is 10. The molecule has 4 aromatic carbocycles. The van der Waals surface area contributed by atoms with Gasteiger partial charge in [0.15, 0.2) is 0 Å². The fourth-order valence-electron chi connectivity index (χ4n) is 17.4. The van der Waals surface area contributed by atoms with Gasteiger partial charge in [-0.3, -0.25) is 48.8 Å². The first kappa shape index (κ1) is 81.5. The SMILES string of the molecule is Cc1ncsc1-c1ccc([C@H](C)NC(=O)[C@@H]2C[C@@H](O)CN2C(=O)[C@@H](NC(=O)CCCCCCC(=O)N2CCN(C[C@@]3(C)CCC(CN4CCN(c5ccc(C(=O)NS(=O)(=O)c6cc7c(c([N+](=O)[O-])c6)N[C@H](CN6CCOCC6)C7)c(N6CCCOc7nc8[nH]ccc8cc76)c5)CC4)=C(c4ccc(Cl)cc4)C3)CC2)C(C)(C)C)cc1. The summed E-state index contributed by atoms with van der Waals surface area (Å²) < 4.78 is 43.0. The highest BCUT2D eigenvalue weighted by Gasteiger charge is 2.46. The summed E-state index contributed by atoms with van der Waals surface area (Å²) in [6, 6.07) is 25.6. The molecule has 0 unspecified atom stereocenters.